The van der Waals surface area contributed by atoms with Gasteiger partial charge in [0.25, 0.3) is 0 Å². The van der Waals surface area contributed by atoms with Crippen LogP contribution in [-0.4, -0.2) is 29.5 Å². The summed E-state index contributed by atoms with van der Waals surface area (Å²) in [5.74, 6) is 0.940. The Labute approximate surface area is 161 Å². The van der Waals surface area contributed by atoms with Crippen LogP contribution >= 0.6 is 11.3 Å². The van der Waals surface area contributed by atoms with Crippen LogP contribution in [0.4, 0.5) is 5.82 Å². The third kappa shape index (κ3) is 3.39. The van der Waals surface area contributed by atoms with Crippen molar-refractivity contribution >= 4 is 33.3 Å². The topological polar surface area (TPSA) is 72.1 Å². The molecule has 0 unspecified atom stereocenters. The van der Waals surface area contributed by atoms with Crippen LogP contribution in [0.1, 0.15) is 0 Å². The number of nitrogens with two attached hydrogens (primary N) is 1. The molecular weight excluding hydrogens is 356 g/mol. The highest BCUT2D eigenvalue weighted by atomic mass is 32.1. The number of thiophene rings is 1. The van der Waals surface area contributed by atoms with Crippen LogP contribution in [0.25, 0.3) is 32.7 Å². The summed E-state index contributed by atoms with van der Waals surface area (Å²) in [5.41, 5.74) is 8.51. The van der Waals surface area contributed by atoms with Crippen LogP contribution in [0.5, 0.6) is 0 Å². The zero-order valence-electron chi connectivity index (χ0n) is 14.8. The van der Waals surface area contributed by atoms with Gasteiger partial charge in [0.05, 0.1) is 11.9 Å². The van der Waals surface area contributed by atoms with E-state index in [0.29, 0.717) is 11.6 Å². The third-order valence-corrected chi connectivity index (χ3v) is 5.16. The number of rotatable bonds is 5. The maximum Gasteiger partial charge on any atom is 0.236 e. The van der Waals surface area contributed by atoms with E-state index in [0.717, 1.165) is 26.9 Å². The molecule has 0 atom stereocenters. The Hall–Kier alpha value is -3.25. The van der Waals surface area contributed by atoms with Crippen molar-refractivity contribution in [2.75, 3.05) is 18.5 Å². The number of likely N-dealkylation sites (N-methyl/N-ethyl adjacent to an activating group) is 1. The molecule has 2 aromatic carbocycles. The Balaban J connectivity index is 1.95. The first-order valence-corrected chi connectivity index (χ1v) is 9.41. The van der Waals surface area contributed by atoms with Gasteiger partial charge in [-0.05, 0) is 5.56 Å². The van der Waals surface area contributed by atoms with Gasteiger partial charge in [-0.1, -0.05) is 60.7 Å². The SMILES string of the molecule is CN(CC(N)=O)c1nc(-c2ccccc2)nc2scc(-c3ccccc3)c12. The quantitative estimate of drug-likeness (QED) is 0.574. The normalized spacial score (nSPS) is 10.9. The van der Waals surface area contributed by atoms with Gasteiger partial charge in [-0.3, -0.25) is 4.79 Å². The largest absolute Gasteiger partial charge is 0.368 e. The zero-order chi connectivity index (χ0) is 18.8. The molecule has 4 aromatic rings. The summed E-state index contributed by atoms with van der Waals surface area (Å²) < 4.78 is 0. The average Bonchev–Trinajstić information content (AvgIpc) is 3.12. The lowest BCUT2D eigenvalue weighted by Gasteiger charge is -2.19. The molecule has 4 rings (SSSR count). The van der Waals surface area contributed by atoms with E-state index in [1.165, 1.54) is 0 Å². The summed E-state index contributed by atoms with van der Waals surface area (Å²) >= 11 is 1.57. The molecule has 6 heteroatoms. The second-order valence-electron chi connectivity index (χ2n) is 6.25. The predicted molar refractivity (Wildman–Crippen MR) is 111 cm³/mol. The molecule has 134 valence electrons. The summed E-state index contributed by atoms with van der Waals surface area (Å²) in [5, 5.41) is 3.03. The number of hydrogen-bond donors (Lipinski definition) is 1. The lowest BCUT2D eigenvalue weighted by Crippen LogP contribution is -2.31. The lowest BCUT2D eigenvalue weighted by atomic mass is 10.1. The van der Waals surface area contributed by atoms with Crippen LogP contribution in [-0.2, 0) is 4.79 Å². The second-order valence-corrected chi connectivity index (χ2v) is 7.11. The molecule has 1 amide bonds. The van der Waals surface area contributed by atoms with Gasteiger partial charge in [0.1, 0.15) is 10.6 Å². The maximum absolute atomic E-state index is 11.5. The monoisotopic (exact) mass is 374 g/mol. The predicted octanol–water partition coefficient (Wildman–Crippen LogP) is 3.95. The maximum atomic E-state index is 11.5. The summed E-state index contributed by atoms with van der Waals surface area (Å²) in [6.45, 7) is 0.0877. The Morgan fingerprint density at radius 1 is 1.00 bits per heavy atom. The molecular formula is C21H18N4OS. The molecule has 2 N–H and O–H groups in total. The van der Waals surface area contributed by atoms with Gasteiger partial charge in [-0.2, -0.15) is 0 Å². The molecule has 27 heavy (non-hydrogen) atoms. The van der Waals surface area contributed by atoms with E-state index in [4.69, 9.17) is 15.7 Å². The van der Waals surface area contributed by atoms with E-state index < -0.39 is 5.91 Å². The van der Waals surface area contributed by atoms with Crippen molar-refractivity contribution in [1.29, 1.82) is 0 Å². The molecule has 5 nitrogen and oxygen atoms in total. The number of amides is 1. The second kappa shape index (κ2) is 7.17. The first-order valence-electron chi connectivity index (χ1n) is 8.53. The van der Waals surface area contributed by atoms with Crippen molar-refractivity contribution in [3.05, 3.63) is 66.0 Å². The van der Waals surface area contributed by atoms with Crippen molar-refractivity contribution in [2.45, 2.75) is 0 Å². The van der Waals surface area contributed by atoms with Gasteiger partial charge in [0.15, 0.2) is 5.82 Å². The highest BCUT2D eigenvalue weighted by Crippen LogP contribution is 2.39. The highest BCUT2D eigenvalue weighted by Gasteiger charge is 2.19. The minimum atomic E-state index is -0.401. The highest BCUT2D eigenvalue weighted by molar-refractivity contribution is 7.17. The van der Waals surface area contributed by atoms with Crippen molar-refractivity contribution < 1.29 is 4.79 Å². The number of aromatic nitrogens is 2. The minimum Gasteiger partial charge on any atom is -0.368 e. The number of fused-ring (bicyclic) bond motifs is 1. The van der Waals surface area contributed by atoms with Gasteiger partial charge in [-0.15, -0.1) is 11.3 Å². The van der Waals surface area contributed by atoms with Crippen LogP contribution in [0.15, 0.2) is 66.0 Å². The van der Waals surface area contributed by atoms with E-state index in [-0.39, 0.29) is 6.54 Å². The molecule has 0 aliphatic heterocycles. The molecule has 2 aromatic heterocycles. The van der Waals surface area contributed by atoms with Crippen LogP contribution < -0.4 is 10.6 Å². The molecule has 0 aliphatic carbocycles. The zero-order valence-corrected chi connectivity index (χ0v) is 15.6. The first kappa shape index (κ1) is 17.2. The van der Waals surface area contributed by atoms with Crippen molar-refractivity contribution in [1.82, 2.24) is 9.97 Å². The fraction of sp³-hybridized carbons (Fsp3) is 0.0952. The Morgan fingerprint density at radius 3 is 2.26 bits per heavy atom. The van der Waals surface area contributed by atoms with Crippen molar-refractivity contribution in [3.8, 4) is 22.5 Å². The molecule has 0 spiro atoms. The molecule has 0 bridgehead atoms. The summed E-state index contributed by atoms with van der Waals surface area (Å²) in [6.07, 6.45) is 0. The summed E-state index contributed by atoms with van der Waals surface area (Å²) in [6, 6.07) is 19.9. The van der Waals surface area contributed by atoms with Crippen LogP contribution in [0.2, 0.25) is 0 Å². The molecule has 0 saturated carbocycles. The van der Waals surface area contributed by atoms with Crippen molar-refractivity contribution in [2.24, 2.45) is 5.73 Å². The Bertz CT molecular complexity index is 1090. The smallest absolute Gasteiger partial charge is 0.236 e. The Morgan fingerprint density at radius 2 is 1.63 bits per heavy atom. The van der Waals surface area contributed by atoms with E-state index in [1.807, 2.05) is 55.6 Å². The van der Waals surface area contributed by atoms with E-state index in [1.54, 1.807) is 16.2 Å². The number of benzene rings is 2. The molecule has 0 fully saturated rings. The molecule has 2 heterocycles. The van der Waals surface area contributed by atoms with E-state index in [2.05, 4.69) is 17.5 Å². The van der Waals surface area contributed by atoms with Gasteiger partial charge in [-0.25, -0.2) is 9.97 Å². The molecule has 0 aliphatic rings. The van der Waals surface area contributed by atoms with Gasteiger partial charge >= 0.3 is 0 Å². The summed E-state index contributed by atoms with van der Waals surface area (Å²) in [7, 11) is 1.83. The number of carbonyl (C=O) groups excluding carboxylic acids is 1. The minimum absolute atomic E-state index is 0.0877. The number of primary amides is 1. The first-order chi connectivity index (χ1) is 13.1. The molecule has 0 saturated heterocycles. The van der Waals surface area contributed by atoms with Crippen LogP contribution in [0, 0.1) is 0 Å². The molecule has 0 radical (unpaired) electrons. The number of anilines is 1. The fourth-order valence-corrected chi connectivity index (χ4v) is 4.00. The lowest BCUT2D eigenvalue weighted by molar-refractivity contribution is -0.116. The van der Waals surface area contributed by atoms with Crippen molar-refractivity contribution in [3.63, 3.8) is 0 Å². The standard InChI is InChI=1S/C21H18N4OS/c1-25(12-17(22)26)20-18-16(14-8-4-2-5-9-14)13-27-21(18)24-19(23-20)15-10-6-3-7-11-15/h2-11,13H,12H2,1H3,(H2,22,26). The summed E-state index contributed by atoms with van der Waals surface area (Å²) in [4.78, 5) is 23.8. The van der Waals surface area contributed by atoms with E-state index >= 15 is 0 Å². The average molecular weight is 374 g/mol. The third-order valence-electron chi connectivity index (χ3n) is 4.29. The van der Waals surface area contributed by atoms with Gasteiger partial charge in [0.2, 0.25) is 5.91 Å². The van der Waals surface area contributed by atoms with Gasteiger partial charge < -0.3 is 10.6 Å². The number of nitrogens with zero attached hydrogens (tertiary/aromatic N) is 3. The Kier molecular flexibility index (Phi) is 4.56. The van der Waals surface area contributed by atoms with Crippen LogP contribution in [0.3, 0.4) is 0 Å². The van der Waals surface area contributed by atoms with Gasteiger partial charge in [0, 0.05) is 23.6 Å². The van der Waals surface area contributed by atoms with E-state index in [9.17, 15) is 4.79 Å². The number of hydrogen-bond acceptors (Lipinski definition) is 5. The fourth-order valence-electron chi connectivity index (χ4n) is 3.05. The number of carbonyl (C=O) groups is 1.